The molecule has 1 aliphatic rings. The van der Waals surface area contributed by atoms with E-state index >= 15 is 0 Å². The first kappa shape index (κ1) is 11.6. The maximum absolute atomic E-state index is 10.8. The van der Waals surface area contributed by atoms with Crippen LogP contribution < -0.4 is 0 Å². The van der Waals surface area contributed by atoms with E-state index in [1.54, 1.807) is 6.07 Å². The molecule has 88 valence electrons. The molecule has 1 aliphatic heterocycles. The molecule has 1 N–H and O–H groups in total. The predicted octanol–water partition coefficient (Wildman–Crippen LogP) is 2.82. The molecule has 0 aromatic carbocycles. The van der Waals surface area contributed by atoms with Crippen LogP contribution in [0.2, 0.25) is 0 Å². The molecule has 1 fully saturated rings. The molecule has 0 bridgehead atoms. The number of nitrogens with zero attached hydrogens (tertiary/aromatic N) is 1. The second kappa shape index (κ2) is 4.97. The first-order valence-electron chi connectivity index (χ1n) is 5.76. The van der Waals surface area contributed by atoms with Crippen LogP contribution in [0.15, 0.2) is 12.1 Å². The number of carbonyl (C=O) groups is 1. The average Bonchev–Trinajstić information content (AvgIpc) is 2.87. The fourth-order valence-electron chi connectivity index (χ4n) is 2.34. The molecule has 16 heavy (non-hydrogen) atoms. The van der Waals surface area contributed by atoms with Crippen LogP contribution in [0.1, 0.15) is 40.7 Å². The molecule has 0 saturated carbocycles. The zero-order valence-electron chi connectivity index (χ0n) is 9.48. The van der Waals surface area contributed by atoms with E-state index in [0.717, 1.165) is 18.0 Å². The molecule has 1 aromatic heterocycles. The molecule has 1 aromatic rings. The van der Waals surface area contributed by atoms with E-state index in [-0.39, 0.29) is 0 Å². The van der Waals surface area contributed by atoms with Gasteiger partial charge in [-0.2, -0.15) is 0 Å². The first-order chi connectivity index (χ1) is 7.70. The topological polar surface area (TPSA) is 40.5 Å². The number of hydrogen-bond donors (Lipinski definition) is 1. The van der Waals surface area contributed by atoms with E-state index in [1.807, 2.05) is 6.07 Å². The van der Waals surface area contributed by atoms with Crippen molar-refractivity contribution < 1.29 is 9.90 Å². The highest BCUT2D eigenvalue weighted by atomic mass is 32.1. The van der Waals surface area contributed by atoms with Gasteiger partial charge in [0.1, 0.15) is 4.88 Å². The summed E-state index contributed by atoms with van der Waals surface area (Å²) in [7, 11) is 0. The van der Waals surface area contributed by atoms with E-state index in [9.17, 15) is 4.79 Å². The average molecular weight is 239 g/mol. The normalized spacial score (nSPS) is 21.4. The van der Waals surface area contributed by atoms with Crippen molar-refractivity contribution in [3.63, 3.8) is 0 Å². The number of hydrogen-bond acceptors (Lipinski definition) is 3. The molecule has 4 heteroatoms. The first-order valence-corrected chi connectivity index (χ1v) is 6.58. The van der Waals surface area contributed by atoms with Crippen LogP contribution >= 0.6 is 11.3 Å². The number of carboxylic acids is 1. The molecule has 1 atom stereocenters. The number of aromatic carboxylic acids is 1. The van der Waals surface area contributed by atoms with Crippen molar-refractivity contribution in [3.05, 3.63) is 21.9 Å². The van der Waals surface area contributed by atoms with Gasteiger partial charge in [-0.1, -0.05) is 6.92 Å². The maximum atomic E-state index is 10.8. The molecule has 2 heterocycles. The van der Waals surface area contributed by atoms with Crippen molar-refractivity contribution in [2.24, 2.45) is 0 Å². The summed E-state index contributed by atoms with van der Waals surface area (Å²) in [5.41, 5.74) is 0. The minimum Gasteiger partial charge on any atom is -0.477 e. The van der Waals surface area contributed by atoms with Crippen molar-refractivity contribution in [2.75, 3.05) is 6.54 Å². The number of rotatable bonds is 4. The Balaban J connectivity index is 2.00. The molecule has 0 amide bonds. The standard InChI is InChI=1S/C12H17NO2S/c1-2-9-4-3-7-13(9)8-10-5-6-11(16-10)12(14)15/h5-6,9H,2-4,7-8H2,1H3,(H,14,15). The van der Waals surface area contributed by atoms with Crippen LogP contribution in [0.25, 0.3) is 0 Å². The van der Waals surface area contributed by atoms with Gasteiger partial charge in [0.15, 0.2) is 0 Å². The lowest BCUT2D eigenvalue weighted by atomic mass is 10.2. The van der Waals surface area contributed by atoms with E-state index in [4.69, 9.17) is 5.11 Å². The molecular weight excluding hydrogens is 222 g/mol. The van der Waals surface area contributed by atoms with Gasteiger partial charge in [0, 0.05) is 17.5 Å². The monoisotopic (exact) mass is 239 g/mol. The highest BCUT2D eigenvalue weighted by Crippen LogP contribution is 2.25. The summed E-state index contributed by atoms with van der Waals surface area (Å²) in [6.45, 7) is 4.29. The third kappa shape index (κ3) is 2.44. The number of thiophene rings is 1. The zero-order valence-corrected chi connectivity index (χ0v) is 10.3. The minimum absolute atomic E-state index is 0.447. The van der Waals surface area contributed by atoms with Crippen molar-refractivity contribution in [1.82, 2.24) is 4.90 Å². The molecule has 2 rings (SSSR count). The molecule has 1 saturated heterocycles. The third-order valence-corrected chi connectivity index (χ3v) is 4.26. The van der Waals surface area contributed by atoms with Gasteiger partial charge in [-0.05, 0) is 37.9 Å². The van der Waals surface area contributed by atoms with E-state index in [1.165, 1.54) is 30.6 Å². The highest BCUT2D eigenvalue weighted by Gasteiger charge is 2.23. The molecule has 3 nitrogen and oxygen atoms in total. The van der Waals surface area contributed by atoms with Crippen LogP contribution in [0, 0.1) is 0 Å². The van der Waals surface area contributed by atoms with Crippen molar-refractivity contribution in [2.45, 2.75) is 38.8 Å². The highest BCUT2D eigenvalue weighted by molar-refractivity contribution is 7.13. The number of likely N-dealkylation sites (tertiary alicyclic amines) is 1. The van der Waals surface area contributed by atoms with Crippen LogP contribution in [0.5, 0.6) is 0 Å². The van der Waals surface area contributed by atoms with Gasteiger partial charge in [-0.15, -0.1) is 11.3 Å². The summed E-state index contributed by atoms with van der Waals surface area (Å²) < 4.78 is 0. The second-order valence-corrected chi connectivity index (χ2v) is 5.41. The van der Waals surface area contributed by atoms with Gasteiger partial charge < -0.3 is 5.11 Å². The third-order valence-electron chi connectivity index (χ3n) is 3.20. The summed E-state index contributed by atoms with van der Waals surface area (Å²) in [6, 6.07) is 4.34. The Bertz CT molecular complexity index is 375. The van der Waals surface area contributed by atoms with E-state index in [0.29, 0.717) is 10.9 Å². The number of carboxylic acid groups (broad SMARTS) is 1. The van der Waals surface area contributed by atoms with Gasteiger partial charge in [0.25, 0.3) is 0 Å². The molecule has 0 spiro atoms. The van der Waals surface area contributed by atoms with Crippen LogP contribution in [0.3, 0.4) is 0 Å². The summed E-state index contributed by atoms with van der Waals surface area (Å²) in [4.78, 5) is 14.8. The lowest BCUT2D eigenvalue weighted by Gasteiger charge is -2.22. The van der Waals surface area contributed by atoms with Gasteiger partial charge in [0.2, 0.25) is 0 Å². The predicted molar refractivity (Wildman–Crippen MR) is 65.0 cm³/mol. The Morgan fingerprint density at radius 2 is 2.44 bits per heavy atom. The molecule has 0 aliphatic carbocycles. The Labute approximate surface area is 99.7 Å². The van der Waals surface area contributed by atoms with Crippen molar-refractivity contribution in [3.8, 4) is 0 Å². The van der Waals surface area contributed by atoms with Gasteiger partial charge in [-0.25, -0.2) is 4.79 Å². The van der Waals surface area contributed by atoms with Gasteiger partial charge in [-0.3, -0.25) is 4.90 Å². The summed E-state index contributed by atoms with van der Waals surface area (Å²) in [6.07, 6.45) is 3.75. The van der Waals surface area contributed by atoms with E-state index in [2.05, 4.69) is 11.8 Å². The Morgan fingerprint density at radius 1 is 1.62 bits per heavy atom. The fraction of sp³-hybridized carbons (Fsp3) is 0.583. The SMILES string of the molecule is CCC1CCCN1Cc1ccc(C(=O)O)s1. The molecular formula is C12H17NO2S. The fourth-order valence-corrected chi connectivity index (χ4v) is 3.22. The Kier molecular flexibility index (Phi) is 3.61. The Morgan fingerprint density at radius 3 is 3.06 bits per heavy atom. The molecule has 1 unspecified atom stereocenters. The van der Waals surface area contributed by atoms with E-state index < -0.39 is 5.97 Å². The summed E-state index contributed by atoms with van der Waals surface area (Å²) in [5.74, 6) is -0.815. The quantitative estimate of drug-likeness (QED) is 0.878. The summed E-state index contributed by atoms with van der Waals surface area (Å²) >= 11 is 1.40. The summed E-state index contributed by atoms with van der Waals surface area (Å²) in [5, 5.41) is 8.85. The molecule has 0 radical (unpaired) electrons. The van der Waals surface area contributed by atoms with Crippen molar-refractivity contribution in [1.29, 1.82) is 0 Å². The lowest BCUT2D eigenvalue weighted by Crippen LogP contribution is -2.27. The van der Waals surface area contributed by atoms with Crippen LogP contribution in [0.4, 0.5) is 0 Å². The second-order valence-electron chi connectivity index (χ2n) is 4.25. The van der Waals surface area contributed by atoms with Gasteiger partial charge in [0.05, 0.1) is 0 Å². The van der Waals surface area contributed by atoms with Crippen LogP contribution in [-0.2, 0) is 6.54 Å². The van der Waals surface area contributed by atoms with Crippen molar-refractivity contribution >= 4 is 17.3 Å². The lowest BCUT2D eigenvalue weighted by molar-refractivity contribution is 0.0702. The maximum Gasteiger partial charge on any atom is 0.345 e. The smallest absolute Gasteiger partial charge is 0.345 e. The van der Waals surface area contributed by atoms with Gasteiger partial charge >= 0.3 is 5.97 Å². The zero-order chi connectivity index (χ0) is 11.5. The Hall–Kier alpha value is -0.870. The minimum atomic E-state index is -0.815. The van der Waals surface area contributed by atoms with Crippen LogP contribution in [-0.4, -0.2) is 28.6 Å². The largest absolute Gasteiger partial charge is 0.477 e.